The number of H-pyrrole nitrogens is 1. The number of carbonyl (C=O) groups excluding carboxylic acids is 1. The number of benzene rings is 1. The van der Waals surface area contributed by atoms with E-state index in [4.69, 9.17) is 12.2 Å². The van der Waals surface area contributed by atoms with Gasteiger partial charge in [0.25, 0.3) is 12.1 Å². The minimum absolute atomic E-state index is 0.0425. The van der Waals surface area contributed by atoms with Crippen molar-refractivity contribution in [1.29, 1.82) is 0 Å². The number of nitro benzene ring substituents is 1. The van der Waals surface area contributed by atoms with E-state index in [9.17, 15) is 36.9 Å². The summed E-state index contributed by atoms with van der Waals surface area (Å²) in [7, 11) is 0.901. The first-order valence-corrected chi connectivity index (χ1v) is 10.4. The number of non-ortho nitro benzene ring substituents is 1. The number of alkyl halides is 5. The van der Waals surface area contributed by atoms with Crippen LogP contribution >= 0.6 is 12.2 Å². The number of nitrogens with zero attached hydrogens (tertiary/aromatic N) is 3. The number of halogens is 5. The number of hydrogen-bond donors (Lipinski definition) is 1. The highest BCUT2D eigenvalue weighted by atomic mass is 32.1. The number of pyridine rings is 1. The molecule has 0 radical (unpaired) electrons. The normalized spacial score (nSPS) is 11.9. The summed E-state index contributed by atoms with van der Waals surface area (Å²) in [6, 6.07) is 3.55. The Morgan fingerprint density at radius 3 is 2.40 bits per heavy atom. The highest BCUT2D eigenvalue weighted by molar-refractivity contribution is 7.81. The maximum atomic E-state index is 14.1. The van der Waals surface area contributed by atoms with E-state index in [1.165, 1.54) is 6.07 Å². The summed E-state index contributed by atoms with van der Waals surface area (Å²) in [6.45, 7) is 3.23. The molecule has 1 N–H and O–H groups in total. The van der Waals surface area contributed by atoms with Gasteiger partial charge in [-0.15, -0.1) is 0 Å². The van der Waals surface area contributed by atoms with Crippen LogP contribution in [-0.2, 0) is 17.3 Å². The number of fused-ring (bicyclic) bond motifs is 1. The van der Waals surface area contributed by atoms with Crippen molar-refractivity contribution in [3.05, 3.63) is 62.2 Å². The number of esters is 1. The average Bonchev–Trinajstić information content (AvgIpc) is 3.19. The summed E-state index contributed by atoms with van der Waals surface area (Å²) < 4.78 is 74.3. The summed E-state index contributed by atoms with van der Waals surface area (Å²) in [5, 5.41) is 11.0. The molecule has 3 aromatic rings. The van der Waals surface area contributed by atoms with Gasteiger partial charge in [0.2, 0.25) is 0 Å². The Labute approximate surface area is 199 Å². The average molecular weight is 516 g/mol. The highest BCUT2D eigenvalue weighted by Crippen LogP contribution is 2.39. The molecule has 1 aromatic carbocycles. The molecule has 0 aliphatic heterocycles. The number of aromatic nitrogens is 3. The molecule has 35 heavy (non-hydrogen) atoms. The van der Waals surface area contributed by atoms with Crippen molar-refractivity contribution in [3.63, 3.8) is 0 Å². The first-order chi connectivity index (χ1) is 16.3. The third-order valence-corrected chi connectivity index (χ3v) is 5.32. The fraction of sp³-hybridized carbons (Fsp3) is 0.333. The number of methoxy groups -OCH3 is 1. The molecular weight excluding hydrogens is 499 g/mol. The fourth-order valence-corrected chi connectivity index (χ4v) is 3.85. The minimum atomic E-state index is -5.21. The molecule has 0 saturated carbocycles. The maximum Gasteiger partial charge on any atom is 0.434 e. The number of thiocarbonyl (C=S) groups is 1. The zero-order chi connectivity index (χ0) is 26.2. The standard InChI is InChI=1S/C21H17F5N4O4S/c1-8(2)6-10-13(20(31)34-3)15(18(22)23)29-17(21(24,25)26)14(10)16(35)19-27-11-5-4-9(30(32)33)7-12(11)28-19/h4-5,7-8,18H,6H2,1-3H3,(H,27,28). The minimum Gasteiger partial charge on any atom is -0.465 e. The molecule has 8 nitrogen and oxygen atoms in total. The van der Waals surface area contributed by atoms with E-state index in [-0.39, 0.29) is 34.9 Å². The number of carbonyl (C=O) groups is 1. The number of ether oxygens (including phenoxy) is 1. The van der Waals surface area contributed by atoms with Gasteiger partial charge in [0.15, 0.2) is 5.69 Å². The first-order valence-electron chi connectivity index (χ1n) is 9.95. The molecule has 0 bridgehead atoms. The highest BCUT2D eigenvalue weighted by Gasteiger charge is 2.42. The topological polar surface area (TPSA) is 111 Å². The van der Waals surface area contributed by atoms with Gasteiger partial charge in [-0.3, -0.25) is 10.1 Å². The molecule has 0 aliphatic carbocycles. The quantitative estimate of drug-likeness (QED) is 0.109. The molecule has 2 aromatic heterocycles. The zero-order valence-corrected chi connectivity index (χ0v) is 19.2. The number of nitro groups is 1. The van der Waals surface area contributed by atoms with E-state index in [2.05, 4.69) is 19.7 Å². The zero-order valence-electron chi connectivity index (χ0n) is 18.4. The summed E-state index contributed by atoms with van der Waals surface area (Å²) in [4.78, 5) is 32.1. The van der Waals surface area contributed by atoms with Gasteiger partial charge in [-0.2, -0.15) is 13.2 Å². The van der Waals surface area contributed by atoms with Crippen LogP contribution in [0.15, 0.2) is 18.2 Å². The van der Waals surface area contributed by atoms with Crippen LogP contribution in [-0.4, -0.2) is 37.8 Å². The number of imidazole rings is 1. The Kier molecular flexibility index (Phi) is 7.15. The van der Waals surface area contributed by atoms with Crippen LogP contribution in [0.3, 0.4) is 0 Å². The lowest BCUT2D eigenvalue weighted by molar-refractivity contribution is -0.384. The number of aromatic amines is 1. The summed E-state index contributed by atoms with van der Waals surface area (Å²) in [6.07, 6.45) is -8.96. The second-order valence-corrected chi connectivity index (χ2v) is 8.24. The molecule has 0 saturated heterocycles. The van der Waals surface area contributed by atoms with Gasteiger partial charge in [-0.25, -0.2) is 23.5 Å². The van der Waals surface area contributed by atoms with Gasteiger partial charge in [-0.05, 0) is 24.0 Å². The monoisotopic (exact) mass is 516 g/mol. The van der Waals surface area contributed by atoms with Gasteiger partial charge < -0.3 is 9.72 Å². The largest absolute Gasteiger partial charge is 0.465 e. The number of rotatable bonds is 7. The second-order valence-electron chi connectivity index (χ2n) is 7.84. The Bertz CT molecular complexity index is 1340. The van der Waals surface area contributed by atoms with E-state index < -0.39 is 56.4 Å². The summed E-state index contributed by atoms with van der Waals surface area (Å²) in [5.74, 6) is -1.96. The molecule has 2 heterocycles. The predicted molar refractivity (Wildman–Crippen MR) is 118 cm³/mol. The van der Waals surface area contributed by atoms with Gasteiger partial charge in [0.1, 0.15) is 11.5 Å². The van der Waals surface area contributed by atoms with Crippen molar-refractivity contribution in [3.8, 4) is 0 Å². The van der Waals surface area contributed by atoms with Gasteiger partial charge >= 0.3 is 12.1 Å². The number of nitrogens with one attached hydrogen (secondary N) is 1. The van der Waals surface area contributed by atoms with Gasteiger partial charge in [0.05, 0.1) is 33.5 Å². The third-order valence-electron chi connectivity index (χ3n) is 4.93. The van der Waals surface area contributed by atoms with Crippen molar-refractivity contribution in [2.45, 2.75) is 32.9 Å². The van der Waals surface area contributed by atoms with Crippen molar-refractivity contribution >= 4 is 39.8 Å². The Morgan fingerprint density at radius 1 is 1.23 bits per heavy atom. The van der Waals surface area contributed by atoms with Crippen LogP contribution in [0.2, 0.25) is 0 Å². The van der Waals surface area contributed by atoms with Crippen LogP contribution in [0.1, 0.15) is 59.0 Å². The first kappa shape index (κ1) is 26.1. The molecule has 14 heteroatoms. The van der Waals surface area contributed by atoms with E-state index >= 15 is 0 Å². The molecule has 0 spiro atoms. The molecule has 0 atom stereocenters. The van der Waals surface area contributed by atoms with E-state index in [0.717, 1.165) is 19.2 Å². The van der Waals surface area contributed by atoms with Crippen LogP contribution < -0.4 is 0 Å². The Balaban J connectivity index is 2.39. The van der Waals surface area contributed by atoms with Crippen molar-refractivity contribution in [1.82, 2.24) is 15.0 Å². The maximum absolute atomic E-state index is 14.1. The lowest BCUT2D eigenvalue weighted by Crippen LogP contribution is -2.25. The van der Waals surface area contributed by atoms with Crippen molar-refractivity contribution < 1.29 is 36.4 Å². The van der Waals surface area contributed by atoms with Crippen molar-refractivity contribution in [2.24, 2.45) is 5.92 Å². The van der Waals surface area contributed by atoms with Crippen LogP contribution in [0.5, 0.6) is 0 Å². The lowest BCUT2D eigenvalue weighted by Gasteiger charge is -2.22. The third kappa shape index (κ3) is 5.11. The second kappa shape index (κ2) is 9.60. The van der Waals surface area contributed by atoms with Crippen LogP contribution in [0.25, 0.3) is 11.0 Å². The van der Waals surface area contributed by atoms with E-state index in [1.54, 1.807) is 13.8 Å². The Hall–Kier alpha value is -3.55. The molecule has 0 unspecified atom stereocenters. The van der Waals surface area contributed by atoms with Crippen molar-refractivity contribution in [2.75, 3.05) is 7.11 Å². The molecule has 186 valence electrons. The number of hydrogen-bond acceptors (Lipinski definition) is 7. The molecule has 0 aliphatic rings. The SMILES string of the molecule is COC(=O)c1c(C(F)F)nc(C(F)(F)F)c(C(=S)c2nc3cc([N+](=O)[O-])ccc3[nH]2)c1CC(C)C. The van der Waals surface area contributed by atoms with Crippen LogP contribution in [0.4, 0.5) is 27.6 Å². The lowest BCUT2D eigenvalue weighted by atomic mass is 9.89. The molecule has 3 rings (SSSR count). The van der Waals surface area contributed by atoms with Gasteiger partial charge in [-0.1, -0.05) is 26.1 Å². The molecule has 0 fully saturated rings. The van der Waals surface area contributed by atoms with Crippen LogP contribution in [0, 0.1) is 16.0 Å². The van der Waals surface area contributed by atoms with Gasteiger partial charge in [0, 0.05) is 17.7 Å². The summed E-state index contributed by atoms with van der Waals surface area (Å²) >= 11 is 5.29. The smallest absolute Gasteiger partial charge is 0.434 e. The van der Waals surface area contributed by atoms with E-state index in [1.807, 2.05) is 0 Å². The predicted octanol–water partition coefficient (Wildman–Crippen LogP) is 5.57. The Morgan fingerprint density at radius 2 is 1.89 bits per heavy atom. The summed E-state index contributed by atoms with van der Waals surface area (Å²) in [5.41, 5.74) is -5.07. The fourth-order valence-electron chi connectivity index (χ4n) is 3.54. The molecule has 0 amide bonds. The van der Waals surface area contributed by atoms with E-state index in [0.29, 0.717) is 0 Å². The molecular formula is C21H17F5N4O4S.